The maximum Gasteiger partial charge on any atom is 0.266 e. The summed E-state index contributed by atoms with van der Waals surface area (Å²) in [5, 5.41) is 12.3. The van der Waals surface area contributed by atoms with Crippen molar-refractivity contribution in [1.29, 1.82) is 5.26 Å². The molecule has 1 aliphatic heterocycles. The van der Waals surface area contributed by atoms with Crippen molar-refractivity contribution in [2.75, 3.05) is 25.3 Å². The van der Waals surface area contributed by atoms with Crippen LogP contribution < -0.4 is 29.0 Å². The second kappa shape index (κ2) is 11.7. The van der Waals surface area contributed by atoms with Crippen LogP contribution in [-0.4, -0.2) is 25.9 Å². The number of carbonyl (C=O) groups excluding carboxylic acids is 1. The summed E-state index contributed by atoms with van der Waals surface area (Å²) in [4.78, 5) is 12.7. The molecule has 0 radical (unpaired) electrons. The molecule has 8 nitrogen and oxygen atoms in total. The number of anilines is 1. The Balaban J connectivity index is 1.46. The second-order valence-corrected chi connectivity index (χ2v) is 7.70. The van der Waals surface area contributed by atoms with E-state index in [0.717, 1.165) is 5.56 Å². The molecule has 0 aliphatic carbocycles. The first-order chi connectivity index (χ1) is 17.6. The van der Waals surface area contributed by atoms with Gasteiger partial charge in [0.2, 0.25) is 6.79 Å². The summed E-state index contributed by atoms with van der Waals surface area (Å²) in [6.45, 7) is 5.27. The Morgan fingerprint density at radius 2 is 1.72 bits per heavy atom. The number of hydrogen-bond donors (Lipinski definition) is 1. The molecule has 3 aromatic carbocycles. The van der Waals surface area contributed by atoms with Gasteiger partial charge in [-0.05, 0) is 79.6 Å². The summed E-state index contributed by atoms with van der Waals surface area (Å²) in [5.41, 5.74) is 2.07. The van der Waals surface area contributed by atoms with Crippen LogP contribution in [0, 0.1) is 11.3 Å². The number of amides is 1. The summed E-state index contributed by atoms with van der Waals surface area (Å²) in [6.07, 6.45) is 1.51. The molecule has 0 unspecified atom stereocenters. The molecule has 4 rings (SSSR count). The van der Waals surface area contributed by atoms with E-state index in [1.165, 1.54) is 6.08 Å². The standard InChI is InChI=1S/C28H26N2O6/c1-3-32-23-9-7-22(8-10-23)30-28(31)21(16-29)13-19-5-11-24(26(14-19)33-4-2)34-17-20-6-12-25-27(15-20)36-18-35-25/h5-15H,3-4,17-18H2,1-2H3,(H,30,31)/b21-13-. The first kappa shape index (κ1) is 24.5. The fraction of sp³-hybridized carbons (Fsp3) is 0.214. The zero-order valence-electron chi connectivity index (χ0n) is 20.1. The average molecular weight is 487 g/mol. The molecule has 8 heteroatoms. The van der Waals surface area contributed by atoms with Crippen LogP contribution in [0.2, 0.25) is 0 Å². The third-order valence-electron chi connectivity index (χ3n) is 5.20. The highest BCUT2D eigenvalue weighted by molar-refractivity contribution is 6.09. The van der Waals surface area contributed by atoms with E-state index in [0.29, 0.717) is 59.8 Å². The monoisotopic (exact) mass is 486 g/mol. The Morgan fingerprint density at radius 1 is 0.944 bits per heavy atom. The van der Waals surface area contributed by atoms with E-state index in [4.69, 9.17) is 23.7 Å². The average Bonchev–Trinajstić information content (AvgIpc) is 3.36. The van der Waals surface area contributed by atoms with Gasteiger partial charge in [-0.25, -0.2) is 0 Å². The molecule has 0 atom stereocenters. The number of nitrogens with one attached hydrogen (secondary N) is 1. The van der Waals surface area contributed by atoms with Crippen LogP contribution in [-0.2, 0) is 11.4 Å². The molecule has 184 valence electrons. The van der Waals surface area contributed by atoms with Gasteiger partial charge in [0, 0.05) is 5.69 Å². The summed E-state index contributed by atoms with van der Waals surface area (Å²) in [5.74, 6) is 2.65. The SMILES string of the molecule is CCOc1ccc(NC(=O)/C(C#N)=C\c2ccc(OCc3ccc4c(c3)OCO4)c(OCC)c2)cc1. The molecule has 1 amide bonds. The zero-order valence-corrected chi connectivity index (χ0v) is 20.1. The fourth-order valence-electron chi connectivity index (χ4n) is 3.51. The van der Waals surface area contributed by atoms with Gasteiger partial charge >= 0.3 is 0 Å². The van der Waals surface area contributed by atoms with E-state index < -0.39 is 5.91 Å². The van der Waals surface area contributed by atoms with Crippen LogP contribution in [0.1, 0.15) is 25.0 Å². The Labute approximate surface area is 209 Å². The molecule has 0 aromatic heterocycles. The van der Waals surface area contributed by atoms with Crippen molar-refractivity contribution in [2.24, 2.45) is 0 Å². The number of ether oxygens (including phenoxy) is 5. The lowest BCUT2D eigenvalue weighted by Gasteiger charge is -2.13. The molecule has 0 fully saturated rings. The summed E-state index contributed by atoms with van der Waals surface area (Å²) >= 11 is 0. The van der Waals surface area contributed by atoms with Crippen LogP contribution in [0.3, 0.4) is 0 Å². The third-order valence-corrected chi connectivity index (χ3v) is 5.20. The first-order valence-corrected chi connectivity index (χ1v) is 11.5. The molecule has 3 aromatic rings. The van der Waals surface area contributed by atoms with Crippen LogP contribution in [0.15, 0.2) is 66.2 Å². The van der Waals surface area contributed by atoms with E-state index in [1.807, 2.05) is 38.1 Å². The largest absolute Gasteiger partial charge is 0.494 e. The van der Waals surface area contributed by atoms with Gasteiger partial charge < -0.3 is 29.0 Å². The Morgan fingerprint density at radius 3 is 2.47 bits per heavy atom. The first-order valence-electron chi connectivity index (χ1n) is 11.5. The number of carbonyl (C=O) groups is 1. The van der Waals surface area contributed by atoms with Crippen molar-refractivity contribution in [1.82, 2.24) is 0 Å². The topological polar surface area (TPSA) is 99.0 Å². The van der Waals surface area contributed by atoms with Crippen LogP contribution >= 0.6 is 0 Å². The lowest BCUT2D eigenvalue weighted by atomic mass is 10.1. The minimum Gasteiger partial charge on any atom is -0.494 e. The van der Waals surface area contributed by atoms with E-state index in [1.54, 1.807) is 42.5 Å². The minimum absolute atomic E-state index is 0.0413. The smallest absolute Gasteiger partial charge is 0.266 e. The van der Waals surface area contributed by atoms with E-state index in [2.05, 4.69) is 5.32 Å². The highest BCUT2D eigenvalue weighted by atomic mass is 16.7. The van der Waals surface area contributed by atoms with Gasteiger partial charge in [0.25, 0.3) is 5.91 Å². The molecule has 0 saturated heterocycles. The van der Waals surface area contributed by atoms with E-state index in [9.17, 15) is 10.1 Å². The number of nitriles is 1. The van der Waals surface area contributed by atoms with Crippen molar-refractivity contribution in [3.8, 4) is 34.8 Å². The fourth-order valence-corrected chi connectivity index (χ4v) is 3.51. The van der Waals surface area contributed by atoms with Gasteiger partial charge in [0.05, 0.1) is 13.2 Å². The quantitative estimate of drug-likeness (QED) is 0.305. The predicted molar refractivity (Wildman–Crippen MR) is 134 cm³/mol. The Hall–Kier alpha value is -4.64. The lowest BCUT2D eigenvalue weighted by Crippen LogP contribution is -2.13. The maximum absolute atomic E-state index is 12.7. The summed E-state index contributed by atoms with van der Waals surface area (Å²) < 4.78 is 27.9. The molecule has 0 bridgehead atoms. The van der Waals surface area contributed by atoms with E-state index >= 15 is 0 Å². The number of benzene rings is 3. The molecular formula is C28H26N2O6. The van der Waals surface area contributed by atoms with Crippen molar-refractivity contribution in [3.63, 3.8) is 0 Å². The molecule has 0 saturated carbocycles. The van der Waals surface area contributed by atoms with Gasteiger partial charge in [-0.15, -0.1) is 0 Å². The van der Waals surface area contributed by atoms with Crippen molar-refractivity contribution in [3.05, 3.63) is 77.4 Å². The van der Waals surface area contributed by atoms with Gasteiger partial charge in [-0.3, -0.25) is 4.79 Å². The molecule has 1 aliphatic rings. The van der Waals surface area contributed by atoms with Gasteiger partial charge in [0.15, 0.2) is 23.0 Å². The highest BCUT2D eigenvalue weighted by Crippen LogP contribution is 2.34. The molecule has 1 heterocycles. The Bertz CT molecular complexity index is 1290. The van der Waals surface area contributed by atoms with Crippen LogP contribution in [0.5, 0.6) is 28.7 Å². The summed E-state index contributed by atoms with van der Waals surface area (Å²) in [6, 6.07) is 19.8. The van der Waals surface area contributed by atoms with Crippen LogP contribution in [0.4, 0.5) is 5.69 Å². The molecule has 1 N–H and O–H groups in total. The number of fused-ring (bicyclic) bond motifs is 1. The van der Waals surface area contributed by atoms with Crippen molar-refractivity contribution in [2.45, 2.75) is 20.5 Å². The van der Waals surface area contributed by atoms with Gasteiger partial charge in [-0.1, -0.05) is 12.1 Å². The van der Waals surface area contributed by atoms with Crippen molar-refractivity contribution >= 4 is 17.7 Å². The van der Waals surface area contributed by atoms with Gasteiger partial charge in [0.1, 0.15) is 24.0 Å². The third kappa shape index (κ3) is 6.07. The van der Waals surface area contributed by atoms with Crippen LogP contribution in [0.25, 0.3) is 6.08 Å². The number of hydrogen-bond acceptors (Lipinski definition) is 7. The molecular weight excluding hydrogens is 460 g/mol. The number of nitrogens with zero attached hydrogens (tertiary/aromatic N) is 1. The van der Waals surface area contributed by atoms with E-state index in [-0.39, 0.29) is 12.4 Å². The molecule has 36 heavy (non-hydrogen) atoms. The lowest BCUT2D eigenvalue weighted by molar-refractivity contribution is -0.112. The maximum atomic E-state index is 12.7. The molecule has 0 spiro atoms. The predicted octanol–water partition coefficient (Wildman–Crippen LogP) is 5.34. The van der Waals surface area contributed by atoms with Crippen molar-refractivity contribution < 1.29 is 28.5 Å². The summed E-state index contributed by atoms with van der Waals surface area (Å²) in [7, 11) is 0. The Kier molecular flexibility index (Phi) is 7.94. The van der Waals surface area contributed by atoms with Gasteiger partial charge in [-0.2, -0.15) is 5.26 Å². The number of rotatable bonds is 10. The minimum atomic E-state index is -0.511. The highest BCUT2D eigenvalue weighted by Gasteiger charge is 2.15. The zero-order chi connectivity index (χ0) is 25.3. The normalized spacial score (nSPS) is 12.0. The second-order valence-electron chi connectivity index (χ2n) is 7.70.